The van der Waals surface area contributed by atoms with Crippen LogP contribution in [0.2, 0.25) is 0 Å². The molecule has 0 fully saturated rings. The Balaban J connectivity index is 1.27. The van der Waals surface area contributed by atoms with Crippen LogP contribution in [0.4, 0.5) is 0 Å². The second-order valence-electron chi connectivity index (χ2n) is 10.2. The van der Waals surface area contributed by atoms with Crippen molar-refractivity contribution in [1.82, 2.24) is 0 Å². The van der Waals surface area contributed by atoms with Crippen LogP contribution >= 0.6 is 0 Å². The van der Waals surface area contributed by atoms with Gasteiger partial charge in [-0.3, -0.25) is 0 Å². The minimum Gasteiger partial charge on any atom is -0.0616 e. The van der Waals surface area contributed by atoms with Crippen molar-refractivity contribution >= 4 is 53.9 Å². The highest BCUT2D eigenvalue weighted by molar-refractivity contribution is 6.17. The summed E-state index contributed by atoms with van der Waals surface area (Å²) in [6.07, 6.45) is 0. The first kappa shape index (κ1) is 21.2. The highest BCUT2D eigenvalue weighted by atomic mass is 14.1. The van der Waals surface area contributed by atoms with Gasteiger partial charge in [-0.2, -0.15) is 0 Å². The zero-order valence-corrected chi connectivity index (χ0v) is 20.9. The Morgan fingerprint density at radius 2 is 0.632 bits per heavy atom. The molecule has 0 aliphatic carbocycles. The van der Waals surface area contributed by atoms with Crippen LogP contribution in [0.15, 0.2) is 146 Å². The zero-order valence-electron chi connectivity index (χ0n) is 20.9. The topological polar surface area (TPSA) is 0 Å². The molecular weight excluding hydrogens is 456 g/mol. The highest BCUT2D eigenvalue weighted by Crippen LogP contribution is 2.35. The molecule has 0 atom stereocenters. The molecular formula is C38H24. The van der Waals surface area contributed by atoms with Crippen molar-refractivity contribution in [3.05, 3.63) is 146 Å². The smallest absolute Gasteiger partial charge is 0.00987 e. The molecule has 8 aromatic rings. The molecule has 38 heavy (non-hydrogen) atoms. The van der Waals surface area contributed by atoms with Crippen molar-refractivity contribution in [3.8, 4) is 22.3 Å². The Labute approximate surface area is 221 Å². The summed E-state index contributed by atoms with van der Waals surface area (Å²) in [5.41, 5.74) is 4.99. The van der Waals surface area contributed by atoms with Crippen molar-refractivity contribution in [3.63, 3.8) is 0 Å². The zero-order chi connectivity index (χ0) is 25.1. The van der Waals surface area contributed by atoms with Gasteiger partial charge in [-0.1, -0.05) is 121 Å². The molecule has 0 spiro atoms. The summed E-state index contributed by atoms with van der Waals surface area (Å²) in [7, 11) is 0. The Morgan fingerprint density at radius 3 is 1.32 bits per heavy atom. The molecule has 8 rings (SSSR count). The molecule has 0 saturated heterocycles. The third kappa shape index (κ3) is 3.38. The van der Waals surface area contributed by atoms with Gasteiger partial charge in [0, 0.05) is 0 Å². The third-order valence-corrected chi connectivity index (χ3v) is 8.00. The standard InChI is InChI=1S/C38H24/c1-2-7-29-21-30(13-9-25(29)5-1)31-14-10-26-11-15-32(23-34(26)22-31)33-16-12-28-18-19-36-35-8-4-3-6-27(35)17-20-37(36)38(28)24-33/h1-24H. The molecule has 0 radical (unpaired) electrons. The molecule has 0 saturated carbocycles. The van der Waals surface area contributed by atoms with E-state index in [1.165, 1.54) is 76.1 Å². The summed E-state index contributed by atoms with van der Waals surface area (Å²) >= 11 is 0. The first-order chi connectivity index (χ1) is 18.8. The quantitative estimate of drug-likeness (QED) is 0.216. The average Bonchev–Trinajstić information content (AvgIpc) is 2.99. The maximum Gasteiger partial charge on any atom is -0.00987 e. The van der Waals surface area contributed by atoms with Crippen LogP contribution in [0.1, 0.15) is 0 Å². The minimum absolute atomic E-state index is 1.24. The van der Waals surface area contributed by atoms with Crippen LogP contribution in [0.25, 0.3) is 76.1 Å². The maximum absolute atomic E-state index is 2.36. The number of hydrogen-bond acceptors (Lipinski definition) is 0. The van der Waals surface area contributed by atoms with Crippen LogP contribution in [-0.2, 0) is 0 Å². The van der Waals surface area contributed by atoms with Gasteiger partial charge in [-0.05, 0) is 100 Å². The van der Waals surface area contributed by atoms with E-state index in [1.807, 2.05) is 0 Å². The second-order valence-corrected chi connectivity index (χ2v) is 10.2. The number of rotatable bonds is 2. The number of fused-ring (bicyclic) bond motifs is 7. The number of benzene rings is 8. The van der Waals surface area contributed by atoms with Crippen molar-refractivity contribution in [2.75, 3.05) is 0 Å². The lowest BCUT2D eigenvalue weighted by molar-refractivity contribution is 1.66. The lowest BCUT2D eigenvalue weighted by Crippen LogP contribution is -1.84. The van der Waals surface area contributed by atoms with E-state index >= 15 is 0 Å². The molecule has 176 valence electrons. The van der Waals surface area contributed by atoms with Crippen LogP contribution in [-0.4, -0.2) is 0 Å². The molecule has 0 aliphatic rings. The monoisotopic (exact) mass is 480 g/mol. The Hall–Kier alpha value is -4.94. The number of hydrogen-bond donors (Lipinski definition) is 0. The Morgan fingerprint density at radius 1 is 0.211 bits per heavy atom. The van der Waals surface area contributed by atoms with E-state index in [4.69, 9.17) is 0 Å². The van der Waals surface area contributed by atoms with Crippen molar-refractivity contribution in [2.45, 2.75) is 0 Å². The third-order valence-electron chi connectivity index (χ3n) is 8.00. The van der Waals surface area contributed by atoms with E-state index in [-0.39, 0.29) is 0 Å². The molecule has 0 N–H and O–H groups in total. The maximum atomic E-state index is 2.36. The van der Waals surface area contributed by atoms with E-state index < -0.39 is 0 Å². The van der Waals surface area contributed by atoms with Crippen LogP contribution < -0.4 is 0 Å². The molecule has 0 amide bonds. The van der Waals surface area contributed by atoms with Crippen molar-refractivity contribution in [1.29, 1.82) is 0 Å². The SMILES string of the molecule is c1ccc2cc(-c3ccc4ccc(-c5ccc6ccc7c8ccccc8ccc7c6c5)cc4c3)ccc2c1. The second kappa shape index (κ2) is 8.30. The minimum atomic E-state index is 1.24. The van der Waals surface area contributed by atoms with E-state index in [2.05, 4.69) is 146 Å². The van der Waals surface area contributed by atoms with Gasteiger partial charge in [0.2, 0.25) is 0 Å². The summed E-state index contributed by atoms with van der Waals surface area (Å²) in [4.78, 5) is 0. The molecule has 0 aliphatic heterocycles. The van der Waals surface area contributed by atoms with Gasteiger partial charge in [0.15, 0.2) is 0 Å². The predicted octanol–water partition coefficient (Wildman–Crippen LogP) is 10.8. The summed E-state index contributed by atoms with van der Waals surface area (Å²) in [6.45, 7) is 0. The fourth-order valence-corrected chi connectivity index (χ4v) is 5.97. The van der Waals surface area contributed by atoms with Crippen molar-refractivity contribution < 1.29 is 0 Å². The van der Waals surface area contributed by atoms with E-state index in [1.54, 1.807) is 0 Å². The fraction of sp³-hybridized carbons (Fsp3) is 0. The first-order valence-electron chi connectivity index (χ1n) is 13.2. The van der Waals surface area contributed by atoms with Gasteiger partial charge in [0.25, 0.3) is 0 Å². The fourth-order valence-electron chi connectivity index (χ4n) is 5.97. The normalized spacial score (nSPS) is 11.7. The van der Waals surface area contributed by atoms with Gasteiger partial charge >= 0.3 is 0 Å². The van der Waals surface area contributed by atoms with Crippen LogP contribution in [0.5, 0.6) is 0 Å². The molecule has 8 aromatic carbocycles. The lowest BCUT2D eigenvalue weighted by atomic mass is 9.93. The Kier molecular flexibility index (Phi) is 4.62. The lowest BCUT2D eigenvalue weighted by Gasteiger charge is -2.11. The molecule has 0 unspecified atom stereocenters. The summed E-state index contributed by atoms with van der Waals surface area (Å²) in [5.74, 6) is 0. The highest BCUT2D eigenvalue weighted by Gasteiger charge is 2.08. The van der Waals surface area contributed by atoms with Gasteiger partial charge in [-0.25, -0.2) is 0 Å². The van der Waals surface area contributed by atoms with Crippen LogP contribution in [0.3, 0.4) is 0 Å². The first-order valence-corrected chi connectivity index (χ1v) is 13.2. The Bertz CT molecular complexity index is 2180. The van der Waals surface area contributed by atoms with Gasteiger partial charge in [0.1, 0.15) is 0 Å². The molecule has 0 heteroatoms. The van der Waals surface area contributed by atoms with Gasteiger partial charge < -0.3 is 0 Å². The summed E-state index contributed by atoms with van der Waals surface area (Å²) in [6, 6.07) is 53.5. The molecule has 0 heterocycles. The van der Waals surface area contributed by atoms with Crippen molar-refractivity contribution in [2.24, 2.45) is 0 Å². The summed E-state index contributed by atoms with van der Waals surface area (Å²) < 4.78 is 0. The predicted molar refractivity (Wildman–Crippen MR) is 165 cm³/mol. The molecule has 0 aromatic heterocycles. The average molecular weight is 481 g/mol. The van der Waals surface area contributed by atoms with Gasteiger partial charge in [0.05, 0.1) is 0 Å². The van der Waals surface area contributed by atoms with E-state index in [0.717, 1.165) is 0 Å². The van der Waals surface area contributed by atoms with E-state index in [0.29, 0.717) is 0 Å². The molecule has 0 nitrogen and oxygen atoms in total. The summed E-state index contributed by atoms with van der Waals surface area (Å²) in [5, 5.41) is 12.9. The molecule has 0 bridgehead atoms. The van der Waals surface area contributed by atoms with Gasteiger partial charge in [-0.15, -0.1) is 0 Å². The van der Waals surface area contributed by atoms with Crippen LogP contribution in [0, 0.1) is 0 Å². The van der Waals surface area contributed by atoms with E-state index in [9.17, 15) is 0 Å². The largest absolute Gasteiger partial charge is 0.0616 e.